The third-order valence-corrected chi connectivity index (χ3v) is 4.53. The number of ether oxygens (including phenoxy) is 2. The van der Waals surface area contributed by atoms with Gasteiger partial charge in [-0.3, -0.25) is 0 Å². The summed E-state index contributed by atoms with van der Waals surface area (Å²) in [4.78, 5) is 36.3. The molecule has 2 amide bonds. The summed E-state index contributed by atoms with van der Waals surface area (Å²) in [6, 6.07) is 1.65. The zero-order chi connectivity index (χ0) is 20.8. The molecule has 0 fully saturated rings. The van der Waals surface area contributed by atoms with Gasteiger partial charge in [-0.2, -0.15) is 0 Å². The van der Waals surface area contributed by atoms with Crippen LogP contribution in [0.5, 0.6) is 0 Å². The van der Waals surface area contributed by atoms with Crippen molar-refractivity contribution in [2.75, 3.05) is 11.9 Å². The summed E-state index contributed by atoms with van der Waals surface area (Å²) in [5.41, 5.74) is 0.829. The van der Waals surface area contributed by atoms with E-state index >= 15 is 0 Å². The van der Waals surface area contributed by atoms with Gasteiger partial charge in [-0.05, 0) is 68.1 Å². The number of urea groups is 1. The average molecular weight is 457 g/mol. The van der Waals surface area contributed by atoms with E-state index in [1.165, 1.54) is 6.07 Å². The van der Waals surface area contributed by atoms with Crippen molar-refractivity contribution in [1.29, 1.82) is 0 Å². The van der Waals surface area contributed by atoms with Gasteiger partial charge in [-0.15, -0.1) is 0 Å². The predicted octanol–water partition coefficient (Wildman–Crippen LogP) is 4.28. The SMILES string of the molecule is CCOC(=O)C1=C(NC(=O)Nc2cc(C(=O)OC(C)C)c(F)cc2Br)CCC1. The zero-order valence-corrected chi connectivity index (χ0v) is 17.4. The van der Waals surface area contributed by atoms with E-state index in [1.54, 1.807) is 20.8 Å². The van der Waals surface area contributed by atoms with E-state index in [1.807, 2.05) is 0 Å². The molecular weight excluding hydrogens is 435 g/mol. The van der Waals surface area contributed by atoms with Crippen LogP contribution in [0.4, 0.5) is 14.9 Å². The molecule has 0 aromatic heterocycles. The van der Waals surface area contributed by atoms with Crippen molar-refractivity contribution in [3.63, 3.8) is 0 Å². The Morgan fingerprint density at radius 2 is 1.89 bits per heavy atom. The van der Waals surface area contributed by atoms with E-state index in [0.29, 0.717) is 24.1 Å². The highest BCUT2D eigenvalue weighted by Crippen LogP contribution is 2.28. The van der Waals surface area contributed by atoms with Crippen LogP contribution in [0.3, 0.4) is 0 Å². The Kier molecular flexibility index (Phi) is 7.56. The molecule has 0 unspecified atom stereocenters. The van der Waals surface area contributed by atoms with Crippen LogP contribution in [0.15, 0.2) is 27.9 Å². The first-order valence-corrected chi connectivity index (χ1v) is 9.69. The lowest BCUT2D eigenvalue weighted by Crippen LogP contribution is -2.29. The summed E-state index contributed by atoms with van der Waals surface area (Å²) in [5.74, 6) is -2.05. The van der Waals surface area contributed by atoms with E-state index in [-0.39, 0.29) is 22.3 Å². The Labute approximate surface area is 170 Å². The summed E-state index contributed by atoms with van der Waals surface area (Å²) in [6.45, 7) is 5.26. The van der Waals surface area contributed by atoms with Gasteiger partial charge >= 0.3 is 18.0 Å². The van der Waals surface area contributed by atoms with Crippen LogP contribution in [-0.2, 0) is 14.3 Å². The fourth-order valence-electron chi connectivity index (χ4n) is 2.69. The summed E-state index contributed by atoms with van der Waals surface area (Å²) in [6.07, 6.45) is 1.39. The van der Waals surface area contributed by atoms with E-state index < -0.39 is 29.9 Å². The second kappa shape index (κ2) is 9.68. The molecule has 0 aliphatic heterocycles. The fourth-order valence-corrected chi connectivity index (χ4v) is 3.11. The van der Waals surface area contributed by atoms with Crippen molar-refractivity contribution in [1.82, 2.24) is 5.32 Å². The van der Waals surface area contributed by atoms with Gasteiger partial charge in [-0.1, -0.05) is 0 Å². The van der Waals surface area contributed by atoms with Gasteiger partial charge in [0.1, 0.15) is 5.82 Å². The van der Waals surface area contributed by atoms with Crippen LogP contribution in [0.25, 0.3) is 0 Å². The molecule has 0 saturated heterocycles. The zero-order valence-electron chi connectivity index (χ0n) is 15.9. The van der Waals surface area contributed by atoms with Crippen molar-refractivity contribution < 1.29 is 28.2 Å². The second-order valence-corrected chi connectivity index (χ2v) is 7.23. The lowest BCUT2D eigenvalue weighted by atomic mass is 10.2. The minimum atomic E-state index is -0.827. The maximum Gasteiger partial charge on any atom is 0.341 e. The lowest BCUT2D eigenvalue weighted by molar-refractivity contribution is -0.138. The lowest BCUT2D eigenvalue weighted by Gasteiger charge is -2.14. The van der Waals surface area contributed by atoms with Gasteiger partial charge < -0.3 is 20.1 Å². The highest BCUT2D eigenvalue weighted by molar-refractivity contribution is 9.10. The summed E-state index contributed by atoms with van der Waals surface area (Å²) in [7, 11) is 0. The molecule has 7 nitrogen and oxygen atoms in total. The summed E-state index contributed by atoms with van der Waals surface area (Å²) < 4.78 is 24.3. The molecule has 0 radical (unpaired) electrons. The van der Waals surface area contributed by atoms with Crippen molar-refractivity contribution >= 4 is 39.6 Å². The van der Waals surface area contributed by atoms with E-state index in [2.05, 4.69) is 26.6 Å². The molecule has 28 heavy (non-hydrogen) atoms. The standard InChI is InChI=1S/C19H22BrFN2O5/c1-4-27-17(24)11-6-5-7-15(11)22-19(26)23-16-8-12(14(21)9-13(16)20)18(25)28-10(2)3/h8-10H,4-7H2,1-3H3,(H2,22,23,26). The number of anilines is 1. The number of carbonyl (C=O) groups is 3. The van der Waals surface area contributed by atoms with E-state index in [9.17, 15) is 18.8 Å². The Morgan fingerprint density at radius 1 is 1.18 bits per heavy atom. The van der Waals surface area contributed by atoms with Crippen LogP contribution >= 0.6 is 15.9 Å². The molecular formula is C19H22BrFN2O5. The molecule has 9 heteroatoms. The third kappa shape index (κ3) is 5.54. The molecule has 0 heterocycles. The molecule has 1 aliphatic rings. The highest BCUT2D eigenvalue weighted by atomic mass is 79.9. The topological polar surface area (TPSA) is 93.7 Å². The van der Waals surface area contributed by atoms with E-state index in [0.717, 1.165) is 12.5 Å². The molecule has 152 valence electrons. The number of hydrogen-bond donors (Lipinski definition) is 2. The second-order valence-electron chi connectivity index (χ2n) is 6.38. The quantitative estimate of drug-likeness (QED) is 0.623. The normalized spacial score (nSPS) is 13.5. The molecule has 2 rings (SSSR count). The van der Waals surface area contributed by atoms with Crippen molar-refractivity contribution in [3.8, 4) is 0 Å². The molecule has 2 N–H and O–H groups in total. The first kappa shape index (κ1) is 21.9. The highest BCUT2D eigenvalue weighted by Gasteiger charge is 2.24. The molecule has 0 spiro atoms. The number of amides is 2. The number of rotatable bonds is 6. The smallest absolute Gasteiger partial charge is 0.341 e. The van der Waals surface area contributed by atoms with Crippen LogP contribution < -0.4 is 10.6 Å². The first-order valence-electron chi connectivity index (χ1n) is 8.90. The van der Waals surface area contributed by atoms with Crippen LogP contribution in [0, 0.1) is 5.82 Å². The van der Waals surface area contributed by atoms with Gasteiger partial charge in [0.25, 0.3) is 0 Å². The number of allylic oxidation sites excluding steroid dienone is 1. The maximum atomic E-state index is 14.1. The van der Waals surface area contributed by atoms with Crippen LogP contribution in [-0.4, -0.2) is 30.7 Å². The number of halogens is 2. The van der Waals surface area contributed by atoms with Crippen molar-refractivity contribution in [3.05, 3.63) is 39.3 Å². The number of esters is 2. The Hall–Kier alpha value is -2.42. The number of hydrogen-bond acceptors (Lipinski definition) is 5. The van der Waals surface area contributed by atoms with Gasteiger partial charge in [0.05, 0.1) is 29.5 Å². The van der Waals surface area contributed by atoms with Gasteiger partial charge in [0.15, 0.2) is 0 Å². The Balaban J connectivity index is 2.16. The maximum absolute atomic E-state index is 14.1. The van der Waals surface area contributed by atoms with Crippen molar-refractivity contribution in [2.45, 2.75) is 46.1 Å². The first-order chi connectivity index (χ1) is 13.2. The monoisotopic (exact) mass is 456 g/mol. The van der Waals surface area contributed by atoms with E-state index in [4.69, 9.17) is 9.47 Å². The van der Waals surface area contributed by atoms with Gasteiger partial charge in [-0.25, -0.2) is 18.8 Å². The molecule has 1 aromatic rings. The summed E-state index contributed by atoms with van der Waals surface area (Å²) >= 11 is 3.16. The largest absolute Gasteiger partial charge is 0.463 e. The van der Waals surface area contributed by atoms with Gasteiger partial charge in [0, 0.05) is 10.2 Å². The molecule has 0 bridgehead atoms. The molecule has 0 saturated carbocycles. The number of benzene rings is 1. The molecule has 1 aliphatic carbocycles. The Morgan fingerprint density at radius 3 is 2.54 bits per heavy atom. The predicted molar refractivity (Wildman–Crippen MR) is 104 cm³/mol. The third-order valence-electron chi connectivity index (χ3n) is 3.87. The average Bonchev–Trinajstić information content (AvgIpc) is 3.04. The summed E-state index contributed by atoms with van der Waals surface area (Å²) in [5, 5.41) is 5.18. The molecule has 1 aromatic carbocycles. The Bertz CT molecular complexity index is 823. The number of carbonyl (C=O) groups excluding carboxylic acids is 3. The van der Waals surface area contributed by atoms with Crippen LogP contribution in [0.2, 0.25) is 0 Å². The number of nitrogens with one attached hydrogen (secondary N) is 2. The minimum absolute atomic E-state index is 0.186. The van der Waals surface area contributed by atoms with Crippen LogP contribution in [0.1, 0.15) is 50.4 Å². The van der Waals surface area contributed by atoms with Gasteiger partial charge in [0.2, 0.25) is 0 Å². The molecule has 0 atom stereocenters. The minimum Gasteiger partial charge on any atom is -0.463 e. The van der Waals surface area contributed by atoms with Crippen molar-refractivity contribution in [2.24, 2.45) is 0 Å². The fraction of sp³-hybridized carbons (Fsp3) is 0.421.